The lowest BCUT2D eigenvalue weighted by Gasteiger charge is -2.14. The van der Waals surface area contributed by atoms with Crippen LogP contribution < -0.4 is 10.6 Å². The largest absolute Gasteiger partial charge is 0.376 e. The topological polar surface area (TPSA) is 67.4 Å². The zero-order valence-electron chi connectivity index (χ0n) is 13.6. The van der Waals surface area contributed by atoms with Crippen molar-refractivity contribution in [2.75, 3.05) is 18.5 Å². The molecule has 2 aromatic rings. The highest BCUT2D eigenvalue weighted by Crippen LogP contribution is 2.18. The molecule has 0 bridgehead atoms. The second kappa shape index (κ2) is 8.27. The molecule has 0 spiro atoms. The molecule has 5 nitrogen and oxygen atoms in total. The minimum absolute atomic E-state index is 0.0773. The van der Waals surface area contributed by atoms with E-state index in [0.29, 0.717) is 23.4 Å². The van der Waals surface area contributed by atoms with Gasteiger partial charge in [-0.1, -0.05) is 28.1 Å². The number of carbonyl (C=O) groups is 2. The highest BCUT2D eigenvalue weighted by Gasteiger charge is 2.18. The van der Waals surface area contributed by atoms with Gasteiger partial charge in [-0.15, -0.1) is 0 Å². The molecule has 1 saturated heterocycles. The first kappa shape index (κ1) is 17.6. The summed E-state index contributed by atoms with van der Waals surface area (Å²) >= 11 is 3.34. The van der Waals surface area contributed by atoms with Crippen LogP contribution in [0, 0.1) is 0 Å². The predicted molar refractivity (Wildman–Crippen MR) is 99.8 cm³/mol. The van der Waals surface area contributed by atoms with Crippen LogP contribution in [0.25, 0.3) is 0 Å². The molecular weight excluding hydrogens is 384 g/mol. The van der Waals surface area contributed by atoms with Gasteiger partial charge in [-0.3, -0.25) is 9.59 Å². The third kappa shape index (κ3) is 4.67. The number of anilines is 1. The Bertz CT molecular complexity index is 756. The van der Waals surface area contributed by atoms with Gasteiger partial charge in [0.25, 0.3) is 11.8 Å². The van der Waals surface area contributed by atoms with Gasteiger partial charge in [0, 0.05) is 23.2 Å². The third-order valence-corrected chi connectivity index (χ3v) is 4.57. The van der Waals surface area contributed by atoms with Crippen LogP contribution in [-0.4, -0.2) is 31.1 Å². The van der Waals surface area contributed by atoms with E-state index in [-0.39, 0.29) is 17.9 Å². The molecule has 1 aliphatic rings. The summed E-state index contributed by atoms with van der Waals surface area (Å²) in [7, 11) is 0. The number of carbonyl (C=O) groups excluding carboxylic acids is 2. The molecule has 25 heavy (non-hydrogen) atoms. The summed E-state index contributed by atoms with van der Waals surface area (Å²) < 4.78 is 6.41. The molecule has 0 unspecified atom stereocenters. The number of hydrogen-bond donors (Lipinski definition) is 2. The monoisotopic (exact) mass is 402 g/mol. The highest BCUT2D eigenvalue weighted by molar-refractivity contribution is 9.10. The molecule has 1 fully saturated rings. The van der Waals surface area contributed by atoms with Gasteiger partial charge in [-0.2, -0.15) is 0 Å². The van der Waals surface area contributed by atoms with Gasteiger partial charge in [-0.25, -0.2) is 0 Å². The number of amides is 2. The first-order valence-corrected chi connectivity index (χ1v) is 8.98. The van der Waals surface area contributed by atoms with Crippen LogP contribution in [0.5, 0.6) is 0 Å². The van der Waals surface area contributed by atoms with E-state index in [4.69, 9.17) is 4.74 Å². The number of benzene rings is 2. The molecule has 1 aliphatic heterocycles. The fraction of sp³-hybridized carbons (Fsp3) is 0.263. The van der Waals surface area contributed by atoms with Crippen molar-refractivity contribution in [3.05, 3.63) is 64.1 Å². The van der Waals surface area contributed by atoms with Crippen molar-refractivity contribution >= 4 is 33.4 Å². The average Bonchev–Trinajstić information content (AvgIpc) is 3.14. The first-order valence-electron chi connectivity index (χ1n) is 8.19. The standard InChI is InChI=1S/C19H19BrN2O3/c20-14-9-7-13(8-10-14)18(23)22-17-6-2-1-5-16(17)19(24)21-12-15-4-3-11-25-15/h1-2,5-10,15H,3-4,11-12H2,(H,21,24)(H,22,23)/t15-/m0/s1. The molecule has 3 rings (SSSR count). The average molecular weight is 403 g/mol. The molecule has 2 aromatic carbocycles. The number of para-hydroxylation sites is 1. The molecule has 1 heterocycles. The van der Waals surface area contributed by atoms with Crippen LogP contribution in [0.1, 0.15) is 33.6 Å². The maximum Gasteiger partial charge on any atom is 0.255 e. The maximum absolute atomic E-state index is 12.5. The van der Waals surface area contributed by atoms with Gasteiger partial charge in [0.05, 0.1) is 17.4 Å². The van der Waals surface area contributed by atoms with E-state index in [1.807, 2.05) is 0 Å². The van der Waals surface area contributed by atoms with Gasteiger partial charge < -0.3 is 15.4 Å². The fourth-order valence-electron chi connectivity index (χ4n) is 2.69. The van der Waals surface area contributed by atoms with Crippen LogP contribution >= 0.6 is 15.9 Å². The minimum atomic E-state index is -0.258. The van der Waals surface area contributed by atoms with E-state index >= 15 is 0 Å². The number of ether oxygens (including phenoxy) is 1. The molecule has 0 radical (unpaired) electrons. The summed E-state index contributed by atoms with van der Waals surface area (Å²) in [5, 5.41) is 5.69. The van der Waals surface area contributed by atoms with Crippen molar-refractivity contribution in [3.63, 3.8) is 0 Å². The lowest BCUT2D eigenvalue weighted by atomic mass is 10.1. The fourth-order valence-corrected chi connectivity index (χ4v) is 2.96. The molecule has 2 amide bonds. The molecule has 6 heteroatoms. The molecule has 130 valence electrons. The number of hydrogen-bond acceptors (Lipinski definition) is 3. The van der Waals surface area contributed by atoms with Crippen LogP contribution in [0.3, 0.4) is 0 Å². The smallest absolute Gasteiger partial charge is 0.255 e. The maximum atomic E-state index is 12.5. The Labute approximate surface area is 154 Å². The first-order chi connectivity index (χ1) is 12.1. The quantitative estimate of drug-likeness (QED) is 0.802. The van der Waals surface area contributed by atoms with E-state index in [9.17, 15) is 9.59 Å². The van der Waals surface area contributed by atoms with Crippen LogP contribution in [0.15, 0.2) is 53.0 Å². The lowest BCUT2D eigenvalue weighted by Crippen LogP contribution is -2.32. The van der Waals surface area contributed by atoms with Gasteiger partial charge in [0.1, 0.15) is 0 Å². The van der Waals surface area contributed by atoms with Gasteiger partial charge >= 0.3 is 0 Å². The van der Waals surface area contributed by atoms with Crippen molar-refractivity contribution in [1.29, 1.82) is 0 Å². The second-order valence-corrected chi connectivity index (χ2v) is 6.77. The third-order valence-electron chi connectivity index (χ3n) is 4.04. The van der Waals surface area contributed by atoms with Crippen molar-refractivity contribution in [2.45, 2.75) is 18.9 Å². The van der Waals surface area contributed by atoms with E-state index in [1.54, 1.807) is 48.5 Å². The molecular formula is C19H19BrN2O3. The van der Waals surface area contributed by atoms with E-state index < -0.39 is 0 Å². The van der Waals surface area contributed by atoms with E-state index in [2.05, 4.69) is 26.6 Å². The van der Waals surface area contributed by atoms with Gasteiger partial charge in [0.15, 0.2) is 0 Å². The van der Waals surface area contributed by atoms with Crippen LogP contribution in [0.2, 0.25) is 0 Å². The summed E-state index contributed by atoms with van der Waals surface area (Å²) in [6, 6.07) is 14.0. The number of halogens is 1. The summed E-state index contributed by atoms with van der Waals surface area (Å²) in [5.41, 5.74) is 1.45. The minimum Gasteiger partial charge on any atom is -0.376 e. The van der Waals surface area contributed by atoms with Gasteiger partial charge in [-0.05, 0) is 49.2 Å². The number of rotatable bonds is 5. The SMILES string of the molecule is O=C(Nc1ccccc1C(=O)NC[C@@H]1CCCO1)c1ccc(Br)cc1. The Morgan fingerprint density at radius 3 is 2.56 bits per heavy atom. The molecule has 1 atom stereocenters. The lowest BCUT2D eigenvalue weighted by molar-refractivity contribution is 0.0858. The summed E-state index contributed by atoms with van der Waals surface area (Å²) in [5.74, 6) is -0.478. The second-order valence-electron chi connectivity index (χ2n) is 5.85. The Kier molecular flexibility index (Phi) is 5.83. The van der Waals surface area contributed by atoms with Gasteiger partial charge in [0.2, 0.25) is 0 Å². The molecule has 0 aliphatic carbocycles. The summed E-state index contributed by atoms with van der Waals surface area (Å²) in [6.07, 6.45) is 2.07. The summed E-state index contributed by atoms with van der Waals surface area (Å²) in [6.45, 7) is 1.23. The molecule has 0 aromatic heterocycles. The van der Waals surface area contributed by atoms with E-state index in [0.717, 1.165) is 23.9 Å². The zero-order valence-corrected chi connectivity index (χ0v) is 15.2. The predicted octanol–water partition coefficient (Wildman–Crippen LogP) is 3.61. The van der Waals surface area contributed by atoms with Crippen molar-refractivity contribution in [1.82, 2.24) is 5.32 Å². The number of nitrogens with one attached hydrogen (secondary N) is 2. The Balaban J connectivity index is 1.68. The Morgan fingerprint density at radius 2 is 1.84 bits per heavy atom. The Morgan fingerprint density at radius 1 is 1.08 bits per heavy atom. The van der Waals surface area contributed by atoms with Crippen LogP contribution in [0.4, 0.5) is 5.69 Å². The Hall–Kier alpha value is -2.18. The normalized spacial score (nSPS) is 16.4. The van der Waals surface area contributed by atoms with Crippen LogP contribution in [-0.2, 0) is 4.74 Å². The molecule has 0 saturated carbocycles. The summed E-state index contributed by atoms with van der Waals surface area (Å²) in [4.78, 5) is 24.8. The van der Waals surface area contributed by atoms with Crippen molar-refractivity contribution < 1.29 is 14.3 Å². The van der Waals surface area contributed by atoms with E-state index in [1.165, 1.54) is 0 Å². The van der Waals surface area contributed by atoms with Crippen molar-refractivity contribution in [2.24, 2.45) is 0 Å². The highest BCUT2D eigenvalue weighted by atomic mass is 79.9. The zero-order chi connectivity index (χ0) is 17.6. The molecule has 2 N–H and O–H groups in total. The van der Waals surface area contributed by atoms with Crippen molar-refractivity contribution in [3.8, 4) is 0 Å².